The first kappa shape index (κ1) is 19.6. The number of rotatable bonds is 7. The third kappa shape index (κ3) is 5.02. The summed E-state index contributed by atoms with van der Waals surface area (Å²) < 4.78 is 4.81. The number of ether oxygens (including phenoxy) is 1. The molecule has 0 aromatic heterocycles. The van der Waals surface area contributed by atoms with Gasteiger partial charge in [0, 0.05) is 37.3 Å². The number of nitrogens with zero attached hydrogens (tertiary/aromatic N) is 1. The van der Waals surface area contributed by atoms with Crippen molar-refractivity contribution in [1.82, 2.24) is 5.32 Å². The van der Waals surface area contributed by atoms with Crippen molar-refractivity contribution in [3.63, 3.8) is 0 Å². The smallest absolute Gasteiger partial charge is 0.326 e. The molecular formula is C16H22N2O6. The molecule has 1 amide bonds. The zero-order chi connectivity index (χ0) is 18.5. The van der Waals surface area contributed by atoms with Crippen LogP contribution in [0, 0.1) is 10.1 Å². The van der Waals surface area contributed by atoms with Crippen molar-refractivity contribution in [3.05, 3.63) is 39.4 Å². The SMILES string of the molecule is COCCC(NC(=O)c1ccc(C(C)(C)C)c([N+](=O)[O-])c1)C(=O)O. The first-order valence-electron chi connectivity index (χ1n) is 7.39. The molecule has 132 valence electrons. The lowest BCUT2D eigenvalue weighted by Gasteiger charge is -2.19. The first-order chi connectivity index (χ1) is 11.1. The Labute approximate surface area is 140 Å². The predicted molar refractivity (Wildman–Crippen MR) is 87.2 cm³/mol. The van der Waals surface area contributed by atoms with Gasteiger partial charge in [-0.15, -0.1) is 0 Å². The molecule has 0 spiro atoms. The van der Waals surface area contributed by atoms with Gasteiger partial charge >= 0.3 is 5.97 Å². The molecule has 2 N–H and O–H groups in total. The van der Waals surface area contributed by atoms with Crippen LogP contribution in [0.2, 0.25) is 0 Å². The highest BCUT2D eigenvalue weighted by Crippen LogP contribution is 2.31. The van der Waals surface area contributed by atoms with Gasteiger partial charge in [0.25, 0.3) is 11.6 Å². The normalized spacial score (nSPS) is 12.5. The van der Waals surface area contributed by atoms with Crippen LogP contribution in [-0.4, -0.2) is 41.7 Å². The average Bonchev–Trinajstić information content (AvgIpc) is 2.49. The third-order valence-electron chi connectivity index (χ3n) is 3.48. The van der Waals surface area contributed by atoms with Gasteiger partial charge in [-0.1, -0.05) is 26.8 Å². The molecule has 1 aromatic carbocycles. The molecule has 0 aliphatic rings. The maximum absolute atomic E-state index is 12.2. The van der Waals surface area contributed by atoms with Gasteiger partial charge < -0.3 is 15.2 Å². The van der Waals surface area contributed by atoms with E-state index in [1.807, 2.05) is 20.8 Å². The summed E-state index contributed by atoms with van der Waals surface area (Å²) in [5, 5.41) is 22.7. The number of amides is 1. The highest BCUT2D eigenvalue weighted by atomic mass is 16.6. The number of carbonyl (C=O) groups is 2. The van der Waals surface area contributed by atoms with Gasteiger partial charge in [0.05, 0.1) is 4.92 Å². The molecule has 1 atom stereocenters. The minimum absolute atomic E-state index is 0.0402. The van der Waals surface area contributed by atoms with Crippen LogP contribution in [0.4, 0.5) is 5.69 Å². The molecule has 0 bridgehead atoms. The molecule has 0 saturated carbocycles. The second-order valence-electron chi connectivity index (χ2n) is 6.38. The van der Waals surface area contributed by atoms with E-state index in [2.05, 4.69) is 5.32 Å². The maximum atomic E-state index is 12.2. The number of methoxy groups -OCH3 is 1. The Morgan fingerprint density at radius 3 is 2.46 bits per heavy atom. The van der Waals surface area contributed by atoms with Crippen LogP contribution in [0.1, 0.15) is 43.1 Å². The Hall–Kier alpha value is -2.48. The Morgan fingerprint density at radius 2 is 2.00 bits per heavy atom. The van der Waals surface area contributed by atoms with E-state index >= 15 is 0 Å². The van der Waals surface area contributed by atoms with Crippen molar-refractivity contribution >= 4 is 17.6 Å². The summed E-state index contributed by atoms with van der Waals surface area (Å²) in [5.74, 6) is -1.87. The van der Waals surface area contributed by atoms with Crippen LogP contribution in [0.3, 0.4) is 0 Å². The molecule has 0 saturated heterocycles. The highest BCUT2D eigenvalue weighted by molar-refractivity contribution is 5.97. The first-order valence-corrected chi connectivity index (χ1v) is 7.39. The zero-order valence-electron chi connectivity index (χ0n) is 14.2. The number of carboxylic acids is 1. The summed E-state index contributed by atoms with van der Waals surface area (Å²) >= 11 is 0. The predicted octanol–water partition coefficient (Wildman–Crippen LogP) is 2.11. The van der Waals surface area contributed by atoms with E-state index in [0.29, 0.717) is 5.56 Å². The minimum atomic E-state index is -1.19. The summed E-state index contributed by atoms with van der Waals surface area (Å²) in [6.07, 6.45) is 0.0970. The fourth-order valence-electron chi connectivity index (χ4n) is 2.19. The topological polar surface area (TPSA) is 119 Å². The Kier molecular flexibility index (Phi) is 6.42. The number of hydrogen-bond acceptors (Lipinski definition) is 5. The molecule has 8 heteroatoms. The fraction of sp³-hybridized carbons (Fsp3) is 0.500. The maximum Gasteiger partial charge on any atom is 0.326 e. The van der Waals surface area contributed by atoms with E-state index < -0.39 is 28.3 Å². The monoisotopic (exact) mass is 338 g/mol. The second-order valence-corrected chi connectivity index (χ2v) is 6.38. The summed E-state index contributed by atoms with van der Waals surface area (Å²) in [6.45, 7) is 5.67. The Balaban J connectivity index is 3.09. The molecular weight excluding hydrogens is 316 g/mol. The summed E-state index contributed by atoms with van der Waals surface area (Å²) in [7, 11) is 1.43. The lowest BCUT2D eigenvalue weighted by Crippen LogP contribution is -2.41. The number of carboxylic acid groups (broad SMARTS) is 1. The van der Waals surface area contributed by atoms with Gasteiger partial charge in [-0.2, -0.15) is 0 Å². The number of aliphatic carboxylic acids is 1. The molecule has 0 heterocycles. The molecule has 0 radical (unpaired) electrons. The lowest BCUT2D eigenvalue weighted by molar-refractivity contribution is -0.386. The summed E-state index contributed by atoms with van der Waals surface area (Å²) in [5.41, 5.74) is -0.0880. The van der Waals surface area contributed by atoms with Crippen LogP contribution in [-0.2, 0) is 14.9 Å². The van der Waals surface area contributed by atoms with Gasteiger partial charge in [0.2, 0.25) is 0 Å². The van der Waals surface area contributed by atoms with E-state index in [0.717, 1.165) is 0 Å². The van der Waals surface area contributed by atoms with Gasteiger partial charge in [-0.05, 0) is 11.5 Å². The zero-order valence-corrected chi connectivity index (χ0v) is 14.2. The Bertz CT molecular complexity index is 636. The second kappa shape index (κ2) is 7.87. The average molecular weight is 338 g/mol. The van der Waals surface area contributed by atoms with Crippen molar-refractivity contribution < 1.29 is 24.4 Å². The van der Waals surface area contributed by atoms with Crippen molar-refractivity contribution in [2.24, 2.45) is 0 Å². The lowest BCUT2D eigenvalue weighted by atomic mass is 9.85. The summed E-state index contributed by atoms with van der Waals surface area (Å²) in [4.78, 5) is 34.1. The standard InChI is InChI=1S/C16H22N2O6/c1-16(2,3)11-6-5-10(9-13(11)18(22)23)14(19)17-12(15(20)21)7-8-24-4/h5-6,9,12H,7-8H2,1-4H3,(H,17,19)(H,20,21). The minimum Gasteiger partial charge on any atom is -0.480 e. The molecule has 0 aliphatic heterocycles. The highest BCUT2D eigenvalue weighted by Gasteiger charge is 2.27. The number of benzene rings is 1. The largest absolute Gasteiger partial charge is 0.480 e. The van der Waals surface area contributed by atoms with Gasteiger partial charge in [-0.25, -0.2) is 4.79 Å². The van der Waals surface area contributed by atoms with Crippen molar-refractivity contribution in [3.8, 4) is 0 Å². The molecule has 1 unspecified atom stereocenters. The quantitative estimate of drug-likeness (QED) is 0.580. The molecule has 8 nitrogen and oxygen atoms in total. The number of nitro benzene ring substituents is 1. The molecule has 1 rings (SSSR count). The molecule has 0 fully saturated rings. The van der Waals surface area contributed by atoms with E-state index in [1.165, 1.54) is 25.3 Å². The van der Waals surface area contributed by atoms with E-state index in [4.69, 9.17) is 9.84 Å². The number of carbonyl (C=O) groups excluding carboxylic acids is 1. The van der Waals surface area contributed by atoms with E-state index in [-0.39, 0.29) is 24.3 Å². The van der Waals surface area contributed by atoms with Crippen molar-refractivity contribution in [2.75, 3.05) is 13.7 Å². The van der Waals surface area contributed by atoms with Crippen LogP contribution in [0.5, 0.6) is 0 Å². The molecule has 1 aromatic rings. The van der Waals surface area contributed by atoms with Crippen LogP contribution in [0.15, 0.2) is 18.2 Å². The van der Waals surface area contributed by atoms with Crippen LogP contribution in [0.25, 0.3) is 0 Å². The van der Waals surface area contributed by atoms with Crippen molar-refractivity contribution in [1.29, 1.82) is 0 Å². The van der Waals surface area contributed by atoms with Crippen LogP contribution >= 0.6 is 0 Å². The van der Waals surface area contributed by atoms with E-state index in [9.17, 15) is 19.7 Å². The number of hydrogen-bond donors (Lipinski definition) is 2. The van der Waals surface area contributed by atoms with Gasteiger partial charge in [0.15, 0.2) is 0 Å². The summed E-state index contributed by atoms with van der Waals surface area (Å²) in [6, 6.07) is 3.03. The molecule has 24 heavy (non-hydrogen) atoms. The van der Waals surface area contributed by atoms with Gasteiger partial charge in [0.1, 0.15) is 6.04 Å². The third-order valence-corrected chi connectivity index (χ3v) is 3.48. The Morgan fingerprint density at radius 1 is 1.38 bits per heavy atom. The molecule has 0 aliphatic carbocycles. The van der Waals surface area contributed by atoms with Gasteiger partial charge in [-0.3, -0.25) is 14.9 Å². The van der Waals surface area contributed by atoms with Crippen LogP contribution < -0.4 is 5.32 Å². The number of nitro groups is 1. The fourth-order valence-corrected chi connectivity index (χ4v) is 2.19. The van der Waals surface area contributed by atoms with Crippen molar-refractivity contribution in [2.45, 2.75) is 38.6 Å². The number of nitrogens with one attached hydrogen (secondary N) is 1. The van der Waals surface area contributed by atoms with E-state index in [1.54, 1.807) is 0 Å².